The second-order valence-corrected chi connectivity index (χ2v) is 8.10. The highest BCUT2D eigenvalue weighted by Gasteiger charge is 2.17. The molecule has 0 radical (unpaired) electrons. The van der Waals surface area contributed by atoms with Gasteiger partial charge in [-0.05, 0) is 78.6 Å². The Morgan fingerprint density at radius 2 is 1.74 bits per heavy atom. The summed E-state index contributed by atoms with van der Waals surface area (Å²) < 4.78 is 0. The average molecular weight is 455 g/mol. The zero-order chi connectivity index (χ0) is 21.1. The number of ketones is 1. The number of nitrogens with zero attached hydrogens (tertiary/aromatic N) is 1. The minimum atomic E-state index is -0.164. The predicted octanol–water partition coefficient (Wildman–Crippen LogP) is 5.78. The first kappa shape index (κ1) is 23.0. The molecule has 1 heterocycles. The van der Waals surface area contributed by atoms with Gasteiger partial charge in [-0.2, -0.15) is 0 Å². The maximum atomic E-state index is 12.7. The van der Waals surface area contributed by atoms with Crippen molar-refractivity contribution in [3.05, 3.63) is 99.6 Å². The molecule has 0 spiro atoms. The van der Waals surface area contributed by atoms with E-state index in [-0.39, 0.29) is 24.1 Å². The van der Waals surface area contributed by atoms with Crippen molar-refractivity contribution in [1.82, 2.24) is 4.90 Å². The van der Waals surface area contributed by atoms with Crippen LogP contribution in [0.3, 0.4) is 0 Å². The number of anilines is 1. The smallest absolute Gasteiger partial charge is 0.255 e. The number of amides is 1. The molecule has 31 heavy (non-hydrogen) atoms. The predicted molar refractivity (Wildman–Crippen MR) is 127 cm³/mol. The van der Waals surface area contributed by atoms with Crippen molar-refractivity contribution >= 4 is 41.4 Å². The molecule has 3 aromatic rings. The molecule has 0 saturated heterocycles. The number of nitrogens with one attached hydrogen (secondary N) is 1. The Morgan fingerprint density at radius 3 is 2.48 bits per heavy atom. The molecule has 6 heteroatoms. The van der Waals surface area contributed by atoms with Gasteiger partial charge in [-0.3, -0.25) is 14.5 Å². The van der Waals surface area contributed by atoms with Crippen LogP contribution in [0.5, 0.6) is 0 Å². The van der Waals surface area contributed by atoms with Gasteiger partial charge in [-0.15, -0.1) is 12.4 Å². The maximum absolute atomic E-state index is 12.7. The lowest BCUT2D eigenvalue weighted by Gasteiger charge is -2.29. The van der Waals surface area contributed by atoms with E-state index < -0.39 is 0 Å². The fourth-order valence-corrected chi connectivity index (χ4v) is 3.97. The fourth-order valence-electron chi connectivity index (χ4n) is 3.78. The number of halogens is 2. The molecule has 0 unspecified atom stereocenters. The number of carbonyl (C=O) groups excluding carboxylic acids is 2. The van der Waals surface area contributed by atoms with Crippen LogP contribution in [0.15, 0.2) is 66.7 Å². The van der Waals surface area contributed by atoms with Crippen LogP contribution in [0.2, 0.25) is 5.02 Å². The van der Waals surface area contributed by atoms with Crippen molar-refractivity contribution in [3.63, 3.8) is 0 Å². The van der Waals surface area contributed by atoms with Crippen LogP contribution in [0, 0.1) is 0 Å². The van der Waals surface area contributed by atoms with Gasteiger partial charge in [0.15, 0.2) is 5.78 Å². The van der Waals surface area contributed by atoms with E-state index in [9.17, 15) is 9.59 Å². The molecule has 1 N–H and O–H groups in total. The quantitative estimate of drug-likeness (QED) is 0.497. The number of fused-ring (bicyclic) bond motifs is 1. The summed E-state index contributed by atoms with van der Waals surface area (Å²) in [7, 11) is 0. The summed E-state index contributed by atoms with van der Waals surface area (Å²) in [6.45, 7) is 4.14. The number of hydrogen-bond donors (Lipinski definition) is 1. The van der Waals surface area contributed by atoms with E-state index in [0.29, 0.717) is 16.8 Å². The van der Waals surface area contributed by atoms with Crippen LogP contribution in [-0.4, -0.2) is 23.1 Å². The Bertz CT molecular complexity index is 1100. The summed E-state index contributed by atoms with van der Waals surface area (Å²) in [5, 5.41) is 3.67. The van der Waals surface area contributed by atoms with Gasteiger partial charge in [0.1, 0.15) is 0 Å². The van der Waals surface area contributed by atoms with Crippen molar-refractivity contribution in [3.8, 4) is 0 Å². The normalized spacial score (nSPS) is 13.1. The third-order valence-electron chi connectivity index (χ3n) is 5.40. The molecular formula is C25H24Cl2N2O2. The Kier molecular flexibility index (Phi) is 7.50. The summed E-state index contributed by atoms with van der Waals surface area (Å²) in [6, 6.07) is 20.7. The lowest BCUT2D eigenvalue weighted by molar-refractivity contribution is 0.101. The van der Waals surface area contributed by atoms with Gasteiger partial charge in [0, 0.05) is 41.5 Å². The Labute approximate surface area is 193 Å². The molecule has 0 fully saturated rings. The lowest BCUT2D eigenvalue weighted by atomic mass is 9.99. The number of carbonyl (C=O) groups is 2. The highest BCUT2D eigenvalue weighted by molar-refractivity contribution is 6.30. The zero-order valence-corrected chi connectivity index (χ0v) is 18.8. The topological polar surface area (TPSA) is 49.4 Å². The van der Waals surface area contributed by atoms with E-state index in [1.807, 2.05) is 36.4 Å². The summed E-state index contributed by atoms with van der Waals surface area (Å²) in [4.78, 5) is 26.4. The Morgan fingerprint density at radius 1 is 0.968 bits per heavy atom. The molecule has 0 saturated carbocycles. The molecule has 1 amide bonds. The largest absolute Gasteiger partial charge is 0.322 e. The molecule has 0 aromatic heterocycles. The fraction of sp³-hybridized carbons (Fsp3) is 0.200. The number of hydrogen-bond acceptors (Lipinski definition) is 3. The van der Waals surface area contributed by atoms with Gasteiger partial charge in [0.2, 0.25) is 0 Å². The number of rotatable bonds is 5. The van der Waals surface area contributed by atoms with Gasteiger partial charge in [-0.25, -0.2) is 0 Å². The summed E-state index contributed by atoms with van der Waals surface area (Å²) >= 11 is 6.15. The number of Topliss-reactive ketones (excluding diaryl/α,β-unsaturated/α-hetero) is 1. The summed E-state index contributed by atoms with van der Waals surface area (Å²) in [5.41, 5.74) is 5.64. The second kappa shape index (κ2) is 10.1. The van der Waals surface area contributed by atoms with E-state index in [2.05, 4.69) is 16.3 Å². The van der Waals surface area contributed by atoms with Crippen molar-refractivity contribution in [2.45, 2.75) is 26.4 Å². The molecule has 4 nitrogen and oxygen atoms in total. The summed E-state index contributed by atoms with van der Waals surface area (Å²) in [6.07, 6.45) is 1.00. The van der Waals surface area contributed by atoms with Crippen LogP contribution < -0.4 is 5.32 Å². The highest BCUT2D eigenvalue weighted by Crippen LogP contribution is 2.24. The van der Waals surface area contributed by atoms with Crippen LogP contribution in [0.25, 0.3) is 0 Å². The van der Waals surface area contributed by atoms with Crippen LogP contribution in [0.1, 0.15) is 44.3 Å². The van der Waals surface area contributed by atoms with Crippen molar-refractivity contribution < 1.29 is 9.59 Å². The van der Waals surface area contributed by atoms with Crippen molar-refractivity contribution in [1.29, 1.82) is 0 Å². The Balaban J connectivity index is 0.00000272. The molecule has 0 bridgehead atoms. The third-order valence-corrected chi connectivity index (χ3v) is 5.64. The first-order valence-electron chi connectivity index (χ1n) is 9.99. The molecule has 0 aliphatic carbocycles. The minimum Gasteiger partial charge on any atom is -0.322 e. The first-order chi connectivity index (χ1) is 14.5. The third kappa shape index (κ3) is 5.73. The van der Waals surface area contributed by atoms with E-state index in [4.69, 9.17) is 11.6 Å². The molecular weight excluding hydrogens is 431 g/mol. The van der Waals surface area contributed by atoms with Crippen LogP contribution in [-0.2, 0) is 19.5 Å². The molecule has 1 aliphatic rings. The molecule has 1 aliphatic heterocycles. The molecule has 160 valence electrons. The minimum absolute atomic E-state index is 0. The van der Waals surface area contributed by atoms with E-state index in [1.165, 1.54) is 18.1 Å². The van der Waals surface area contributed by atoms with E-state index in [1.54, 1.807) is 24.3 Å². The molecule has 0 atom stereocenters. The zero-order valence-electron chi connectivity index (χ0n) is 17.2. The van der Waals surface area contributed by atoms with E-state index in [0.717, 1.165) is 36.6 Å². The molecule has 3 aromatic carbocycles. The average Bonchev–Trinajstić information content (AvgIpc) is 2.74. The van der Waals surface area contributed by atoms with Crippen LogP contribution in [0.4, 0.5) is 5.69 Å². The van der Waals surface area contributed by atoms with Gasteiger partial charge in [-0.1, -0.05) is 29.8 Å². The summed E-state index contributed by atoms with van der Waals surface area (Å²) in [5.74, 6) is -0.161. The van der Waals surface area contributed by atoms with Crippen molar-refractivity contribution in [2.24, 2.45) is 0 Å². The maximum Gasteiger partial charge on any atom is 0.255 e. The van der Waals surface area contributed by atoms with Crippen molar-refractivity contribution in [2.75, 3.05) is 11.9 Å². The van der Waals surface area contributed by atoms with Gasteiger partial charge >= 0.3 is 0 Å². The van der Waals surface area contributed by atoms with Gasteiger partial charge < -0.3 is 5.32 Å². The molecule has 4 rings (SSSR count). The standard InChI is InChI=1S/C25H23ClN2O2.ClH/c1-17(29)19-6-9-24(10-7-19)27-25(30)21-4-2-3-18(13-21)15-28-12-11-20-5-8-23(26)14-22(20)16-28;/h2-10,13-14H,11-12,15-16H2,1H3,(H,27,30);1H. The SMILES string of the molecule is CC(=O)c1ccc(NC(=O)c2cccc(CN3CCc4ccc(Cl)cc4C3)c2)cc1.Cl. The van der Waals surface area contributed by atoms with Gasteiger partial charge in [0.25, 0.3) is 5.91 Å². The Hall–Kier alpha value is -2.66. The first-order valence-corrected chi connectivity index (χ1v) is 10.4. The van der Waals surface area contributed by atoms with Crippen LogP contribution >= 0.6 is 24.0 Å². The lowest BCUT2D eigenvalue weighted by Crippen LogP contribution is -2.30. The number of benzene rings is 3. The monoisotopic (exact) mass is 454 g/mol. The van der Waals surface area contributed by atoms with E-state index >= 15 is 0 Å². The highest BCUT2D eigenvalue weighted by atomic mass is 35.5. The van der Waals surface area contributed by atoms with Gasteiger partial charge in [0.05, 0.1) is 0 Å². The second-order valence-electron chi connectivity index (χ2n) is 7.66.